The minimum absolute atomic E-state index is 1.13. The zero-order chi connectivity index (χ0) is 9.26. The zero-order valence-corrected chi connectivity index (χ0v) is 9.80. The van der Waals surface area contributed by atoms with Crippen molar-refractivity contribution >= 4 is 34.2 Å². The molecule has 13 heavy (non-hydrogen) atoms. The Morgan fingerprint density at radius 3 is 2.77 bits per heavy atom. The van der Waals surface area contributed by atoms with Gasteiger partial charge >= 0.3 is 3.98 Å². The van der Waals surface area contributed by atoms with E-state index in [2.05, 4.69) is 26.5 Å². The molecule has 5 heteroatoms. The first-order valence-corrected chi connectivity index (χ1v) is 6.25. The highest BCUT2D eigenvalue weighted by molar-refractivity contribution is 7.28. The smallest absolute Gasteiger partial charge is 0.216 e. The lowest BCUT2D eigenvalue weighted by atomic mass is 10.5. The Balaban J connectivity index is 2.51. The van der Waals surface area contributed by atoms with E-state index in [4.69, 9.17) is 0 Å². The third kappa shape index (κ3) is 1.87. The second kappa shape index (κ2) is 3.69. The summed E-state index contributed by atoms with van der Waals surface area (Å²) in [6, 6.07) is 4.16. The number of aromatic nitrogens is 1. The summed E-state index contributed by atoms with van der Waals surface area (Å²) in [6.07, 6.45) is 0. The van der Waals surface area contributed by atoms with Gasteiger partial charge in [-0.05, 0) is 22.8 Å². The summed E-state index contributed by atoms with van der Waals surface area (Å²) in [5.74, 6) is 0. The van der Waals surface area contributed by atoms with Crippen LogP contribution in [0.3, 0.4) is 0 Å². The largest absolute Gasteiger partial charge is 0.333 e. The van der Waals surface area contributed by atoms with Gasteiger partial charge in [0.25, 0.3) is 0 Å². The van der Waals surface area contributed by atoms with Crippen LogP contribution in [0.5, 0.6) is 0 Å². The average Bonchev–Trinajstić information content (AvgIpc) is 2.75. The monoisotopic (exact) mass is 229 g/mol. The van der Waals surface area contributed by atoms with Gasteiger partial charge in [-0.25, -0.2) is 4.58 Å². The molecule has 0 aliphatic heterocycles. The van der Waals surface area contributed by atoms with Gasteiger partial charge in [0.2, 0.25) is 0 Å². The van der Waals surface area contributed by atoms with E-state index in [1.165, 1.54) is 8.86 Å². The van der Waals surface area contributed by atoms with Crippen LogP contribution in [0.2, 0.25) is 0 Å². The van der Waals surface area contributed by atoms with E-state index in [-0.39, 0.29) is 0 Å². The number of thiophene rings is 1. The quantitative estimate of drug-likeness (QED) is 0.683. The van der Waals surface area contributed by atoms with E-state index in [1.807, 2.05) is 14.1 Å². The van der Waals surface area contributed by atoms with Crippen LogP contribution in [-0.2, 0) is 0 Å². The molecular weight excluding hydrogens is 220 g/mol. The van der Waals surface area contributed by atoms with Crippen molar-refractivity contribution < 1.29 is 0 Å². The Hall–Kier alpha value is -0.520. The second-order valence-corrected chi connectivity index (χ2v) is 5.66. The summed E-state index contributed by atoms with van der Waals surface area (Å²) in [4.78, 5) is 1.26. The fourth-order valence-electron chi connectivity index (χ4n) is 0.869. The SMILES string of the molecule is C[N+](C)=c1snc(-c2cccs2)s1. The van der Waals surface area contributed by atoms with Gasteiger partial charge in [-0.2, -0.15) is 4.37 Å². The van der Waals surface area contributed by atoms with Gasteiger partial charge in [0, 0.05) is 11.5 Å². The van der Waals surface area contributed by atoms with Crippen molar-refractivity contribution in [1.82, 2.24) is 8.95 Å². The first-order valence-electron chi connectivity index (χ1n) is 3.78. The lowest BCUT2D eigenvalue weighted by Gasteiger charge is -1.82. The molecule has 0 amide bonds. The van der Waals surface area contributed by atoms with Crippen molar-refractivity contribution in [2.45, 2.75) is 0 Å². The molecule has 68 valence electrons. The van der Waals surface area contributed by atoms with E-state index in [0.29, 0.717) is 0 Å². The predicted molar refractivity (Wildman–Crippen MR) is 60.4 cm³/mol. The molecule has 0 aromatic carbocycles. The minimum atomic E-state index is 1.13. The van der Waals surface area contributed by atoms with Crippen LogP contribution in [0.25, 0.3) is 9.88 Å². The number of rotatable bonds is 1. The fourth-order valence-corrected chi connectivity index (χ4v) is 3.50. The van der Waals surface area contributed by atoms with E-state index >= 15 is 0 Å². The van der Waals surface area contributed by atoms with Crippen LogP contribution in [0.1, 0.15) is 0 Å². The van der Waals surface area contributed by atoms with Crippen molar-refractivity contribution in [3.63, 3.8) is 0 Å². The molecular formula is C8H9N2S3+. The van der Waals surface area contributed by atoms with Gasteiger partial charge in [-0.3, -0.25) is 0 Å². The number of hydrogen-bond donors (Lipinski definition) is 0. The molecule has 0 N–H and O–H groups in total. The summed E-state index contributed by atoms with van der Waals surface area (Å²) in [7, 11) is 4.09. The first kappa shape index (κ1) is 9.05. The van der Waals surface area contributed by atoms with Gasteiger partial charge < -0.3 is 0 Å². The maximum absolute atomic E-state index is 4.41. The number of nitrogens with zero attached hydrogens (tertiary/aromatic N) is 2. The summed E-state index contributed by atoms with van der Waals surface area (Å²) < 4.78 is 7.74. The maximum Gasteiger partial charge on any atom is 0.333 e. The fraction of sp³-hybridized carbons (Fsp3) is 0.250. The van der Waals surface area contributed by atoms with Crippen molar-refractivity contribution in [2.75, 3.05) is 14.1 Å². The Labute approximate surface area is 88.6 Å². The first-order chi connectivity index (χ1) is 6.27. The van der Waals surface area contributed by atoms with Gasteiger partial charge in [-0.15, -0.1) is 11.3 Å². The van der Waals surface area contributed by atoms with E-state index in [1.54, 1.807) is 34.2 Å². The molecule has 0 spiro atoms. The highest BCUT2D eigenvalue weighted by atomic mass is 32.2. The Bertz CT molecular complexity index is 446. The summed E-state index contributed by atoms with van der Waals surface area (Å²) in [6.45, 7) is 0. The third-order valence-electron chi connectivity index (χ3n) is 1.49. The molecule has 0 saturated heterocycles. The van der Waals surface area contributed by atoms with Gasteiger partial charge in [-0.1, -0.05) is 6.07 Å². The summed E-state index contributed by atoms with van der Waals surface area (Å²) in [5.41, 5.74) is 0. The molecule has 0 fully saturated rings. The normalized spacial score (nSPS) is 10.3. The molecule has 2 aromatic heterocycles. The molecule has 0 aliphatic rings. The standard InChI is InChI=1S/C8H9N2S3/c1-10(2)8-12-7(9-13-8)6-4-3-5-11-6/h3-5H,1-2H3/q+1. The lowest BCUT2D eigenvalue weighted by Crippen LogP contribution is -2.14. The molecule has 2 heterocycles. The van der Waals surface area contributed by atoms with Crippen molar-refractivity contribution in [3.05, 3.63) is 21.5 Å². The topological polar surface area (TPSA) is 15.9 Å². The van der Waals surface area contributed by atoms with Crippen LogP contribution < -0.4 is 8.56 Å². The molecule has 2 aromatic rings. The highest BCUT2D eigenvalue weighted by Crippen LogP contribution is 2.24. The molecule has 0 radical (unpaired) electrons. The van der Waals surface area contributed by atoms with E-state index in [9.17, 15) is 0 Å². The Morgan fingerprint density at radius 2 is 2.23 bits per heavy atom. The van der Waals surface area contributed by atoms with Crippen molar-refractivity contribution in [1.29, 1.82) is 0 Å². The summed E-state index contributed by atoms with van der Waals surface area (Å²) in [5, 5.41) is 3.21. The molecule has 0 bridgehead atoms. The third-order valence-corrected chi connectivity index (χ3v) is 4.92. The minimum Gasteiger partial charge on any atom is -0.216 e. The van der Waals surface area contributed by atoms with Crippen LogP contribution in [-0.4, -0.2) is 18.5 Å². The lowest BCUT2D eigenvalue weighted by molar-refractivity contribution is 0.844. The van der Waals surface area contributed by atoms with E-state index < -0.39 is 0 Å². The van der Waals surface area contributed by atoms with Crippen molar-refractivity contribution in [3.8, 4) is 9.88 Å². The molecule has 0 saturated carbocycles. The van der Waals surface area contributed by atoms with Crippen LogP contribution in [0.4, 0.5) is 0 Å². The highest BCUT2D eigenvalue weighted by Gasteiger charge is 2.06. The number of hydrogen-bond acceptors (Lipinski definition) is 4. The van der Waals surface area contributed by atoms with Crippen LogP contribution in [0, 0.1) is 0 Å². The van der Waals surface area contributed by atoms with Gasteiger partial charge in [0.15, 0.2) is 5.01 Å². The van der Waals surface area contributed by atoms with Gasteiger partial charge in [0.1, 0.15) is 14.1 Å². The average molecular weight is 229 g/mol. The zero-order valence-electron chi connectivity index (χ0n) is 7.35. The summed E-state index contributed by atoms with van der Waals surface area (Å²) >= 11 is 5.04. The molecule has 2 rings (SSSR count). The molecule has 0 unspecified atom stereocenters. The Morgan fingerprint density at radius 1 is 1.38 bits per heavy atom. The Kier molecular flexibility index (Phi) is 2.57. The molecule has 0 aliphatic carbocycles. The van der Waals surface area contributed by atoms with E-state index in [0.717, 1.165) is 5.01 Å². The van der Waals surface area contributed by atoms with Gasteiger partial charge in [0.05, 0.1) is 4.88 Å². The predicted octanol–water partition coefficient (Wildman–Crippen LogP) is 1.96. The second-order valence-electron chi connectivity index (χ2n) is 2.73. The maximum atomic E-state index is 4.41. The molecule has 0 atom stereocenters. The molecule has 2 nitrogen and oxygen atoms in total. The van der Waals surface area contributed by atoms with Crippen LogP contribution in [0.15, 0.2) is 17.5 Å². The van der Waals surface area contributed by atoms with Crippen molar-refractivity contribution in [2.24, 2.45) is 0 Å². The van der Waals surface area contributed by atoms with Crippen LogP contribution >= 0.6 is 34.2 Å².